The average Bonchev–Trinajstić information content (AvgIpc) is 3.32. The minimum atomic E-state index is -0.306. The van der Waals surface area contributed by atoms with E-state index in [1.807, 2.05) is 31.2 Å². The fraction of sp³-hybridized carbons (Fsp3) is 0.333. The van der Waals surface area contributed by atoms with Gasteiger partial charge in [0.25, 0.3) is 5.91 Å². The lowest BCUT2D eigenvalue weighted by molar-refractivity contribution is -0.118. The summed E-state index contributed by atoms with van der Waals surface area (Å²) in [6.07, 6.45) is 5.97. The molecule has 1 aliphatic heterocycles. The largest absolute Gasteiger partial charge is 0.493 e. The summed E-state index contributed by atoms with van der Waals surface area (Å²) in [5.74, 6) is 0.741. The molecule has 8 heteroatoms. The Labute approximate surface area is 187 Å². The van der Waals surface area contributed by atoms with Gasteiger partial charge in [-0.3, -0.25) is 4.79 Å². The van der Waals surface area contributed by atoms with Crippen LogP contribution < -0.4 is 25.4 Å². The molecule has 1 atom stereocenters. The molecule has 3 rings (SSSR count). The van der Waals surface area contributed by atoms with Crippen molar-refractivity contribution in [3.63, 3.8) is 0 Å². The van der Waals surface area contributed by atoms with E-state index in [0.717, 1.165) is 25.0 Å². The van der Waals surface area contributed by atoms with Gasteiger partial charge in [0.2, 0.25) is 0 Å². The molecule has 1 aliphatic rings. The number of benzene rings is 2. The summed E-state index contributed by atoms with van der Waals surface area (Å²) in [5, 5.41) is 8.32. The molecule has 1 saturated heterocycles. The monoisotopic (exact) mass is 439 g/mol. The zero-order valence-corrected chi connectivity index (χ0v) is 18.4. The summed E-state index contributed by atoms with van der Waals surface area (Å²) < 4.78 is 16.4. The third kappa shape index (κ3) is 7.02. The Morgan fingerprint density at radius 1 is 1.09 bits per heavy atom. The van der Waals surface area contributed by atoms with Crippen molar-refractivity contribution in [3.05, 3.63) is 54.1 Å². The van der Waals surface area contributed by atoms with Crippen LogP contribution in [0.3, 0.4) is 0 Å². The summed E-state index contributed by atoms with van der Waals surface area (Å²) in [7, 11) is 1.56. The van der Waals surface area contributed by atoms with Gasteiger partial charge < -0.3 is 30.2 Å². The third-order valence-electron chi connectivity index (χ3n) is 4.85. The lowest BCUT2D eigenvalue weighted by atomic mass is 10.2. The Morgan fingerprint density at radius 2 is 1.84 bits per heavy atom. The number of anilines is 2. The highest BCUT2D eigenvalue weighted by molar-refractivity contribution is 5.93. The van der Waals surface area contributed by atoms with Gasteiger partial charge in [-0.05, 0) is 61.7 Å². The topological polar surface area (TPSA) is 97.9 Å². The highest BCUT2D eigenvalue weighted by Crippen LogP contribution is 2.28. The first-order chi connectivity index (χ1) is 15.6. The van der Waals surface area contributed by atoms with Crippen LogP contribution in [0.15, 0.2) is 48.5 Å². The van der Waals surface area contributed by atoms with E-state index in [-0.39, 0.29) is 24.6 Å². The van der Waals surface area contributed by atoms with Gasteiger partial charge in [0.1, 0.15) is 0 Å². The first-order valence-corrected chi connectivity index (χ1v) is 10.6. The van der Waals surface area contributed by atoms with E-state index < -0.39 is 0 Å². The van der Waals surface area contributed by atoms with Gasteiger partial charge in [0.15, 0.2) is 18.1 Å². The van der Waals surface area contributed by atoms with Crippen molar-refractivity contribution < 1.29 is 23.8 Å². The van der Waals surface area contributed by atoms with Crippen molar-refractivity contribution in [3.8, 4) is 11.5 Å². The molecule has 170 valence electrons. The van der Waals surface area contributed by atoms with Gasteiger partial charge in [-0.2, -0.15) is 0 Å². The lowest BCUT2D eigenvalue weighted by Crippen LogP contribution is -2.35. The minimum absolute atomic E-state index is 0.0895. The predicted octanol–water partition coefficient (Wildman–Crippen LogP) is 4.05. The van der Waals surface area contributed by atoms with E-state index in [1.54, 1.807) is 37.4 Å². The molecule has 0 spiro atoms. The second kappa shape index (κ2) is 11.8. The number of allylic oxidation sites excluding steroid dienone is 1. The molecule has 32 heavy (non-hydrogen) atoms. The van der Waals surface area contributed by atoms with Crippen LogP contribution in [-0.4, -0.2) is 44.9 Å². The molecule has 0 saturated carbocycles. The van der Waals surface area contributed by atoms with E-state index >= 15 is 0 Å². The van der Waals surface area contributed by atoms with Crippen molar-refractivity contribution >= 4 is 29.4 Å². The molecule has 0 bridgehead atoms. The number of carbonyl (C=O) groups excluding carboxylic acids is 2. The van der Waals surface area contributed by atoms with Gasteiger partial charge in [-0.15, -0.1) is 0 Å². The molecule has 2 aromatic rings. The molecular formula is C24H29N3O5. The Hall–Kier alpha value is -3.52. The van der Waals surface area contributed by atoms with E-state index in [0.29, 0.717) is 29.4 Å². The second-order valence-corrected chi connectivity index (χ2v) is 7.29. The Morgan fingerprint density at radius 3 is 2.50 bits per heavy atom. The number of urea groups is 1. The minimum Gasteiger partial charge on any atom is -0.493 e. The number of ether oxygens (including phenoxy) is 3. The number of amides is 3. The first kappa shape index (κ1) is 23.1. The molecule has 0 aromatic heterocycles. The van der Waals surface area contributed by atoms with Crippen molar-refractivity contribution in [1.29, 1.82) is 0 Å². The smallest absolute Gasteiger partial charge is 0.319 e. The van der Waals surface area contributed by atoms with Crippen LogP contribution in [0, 0.1) is 0 Å². The number of hydrogen-bond donors (Lipinski definition) is 3. The summed E-state index contributed by atoms with van der Waals surface area (Å²) in [5.41, 5.74) is 2.20. The van der Waals surface area contributed by atoms with Crippen LogP contribution in [0.5, 0.6) is 11.5 Å². The third-order valence-corrected chi connectivity index (χ3v) is 4.85. The van der Waals surface area contributed by atoms with E-state index in [9.17, 15) is 9.59 Å². The van der Waals surface area contributed by atoms with Gasteiger partial charge in [0, 0.05) is 24.5 Å². The maximum Gasteiger partial charge on any atom is 0.319 e. The molecule has 3 amide bonds. The molecule has 0 aliphatic carbocycles. The van der Waals surface area contributed by atoms with E-state index in [1.165, 1.54) is 0 Å². The molecule has 1 heterocycles. The molecule has 8 nitrogen and oxygen atoms in total. The molecule has 1 unspecified atom stereocenters. The molecule has 1 fully saturated rings. The fourth-order valence-corrected chi connectivity index (χ4v) is 3.26. The number of methoxy groups -OCH3 is 1. The molecular weight excluding hydrogens is 410 g/mol. The average molecular weight is 440 g/mol. The maximum atomic E-state index is 12.2. The van der Waals surface area contributed by atoms with Crippen molar-refractivity contribution in [1.82, 2.24) is 5.32 Å². The highest BCUT2D eigenvalue weighted by atomic mass is 16.5. The Kier molecular flexibility index (Phi) is 8.51. The number of rotatable bonds is 9. The van der Waals surface area contributed by atoms with Gasteiger partial charge in [-0.25, -0.2) is 4.79 Å². The van der Waals surface area contributed by atoms with E-state index in [4.69, 9.17) is 14.2 Å². The van der Waals surface area contributed by atoms with Crippen molar-refractivity contribution in [2.75, 3.05) is 37.5 Å². The Balaban J connectivity index is 1.44. The summed E-state index contributed by atoms with van der Waals surface area (Å²) in [4.78, 5) is 24.2. The van der Waals surface area contributed by atoms with Crippen LogP contribution in [0.25, 0.3) is 6.08 Å². The van der Waals surface area contributed by atoms with E-state index in [2.05, 4.69) is 16.0 Å². The molecule has 2 aromatic carbocycles. The quantitative estimate of drug-likeness (QED) is 0.548. The summed E-state index contributed by atoms with van der Waals surface area (Å²) in [6, 6.07) is 12.1. The van der Waals surface area contributed by atoms with Crippen molar-refractivity contribution in [2.45, 2.75) is 25.9 Å². The van der Waals surface area contributed by atoms with Gasteiger partial charge in [0.05, 0.1) is 13.2 Å². The van der Waals surface area contributed by atoms with Gasteiger partial charge in [-0.1, -0.05) is 18.2 Å². The zero-order valence-electron chi connectivity index (χ0n) is 18.4. The Bertz CT molecular complexity index is 937. The maximum absolute atomic E-state index is 12.2. The summed E-state index contributed by atoms with van der Waals surface area (Å²) in [6.45, 7) is 3.02. The normalized spacial score (nSPS) is 15.4. The molecule has 3 N–H and O–H groups in total. The lowest BCUT2D eigenvalue weighted by Gasteiger charge is -2.13. The number of hydrogen-bond acceptors (Lipinski definition) is 5. The molecule has 0 radical (unpaired) electrons. The van der Waals surface area contributed by atoms with Crippen LogP contribution >= 0.6 is 0 Å². The van der Waals surface area contributed by atoms with Crippen LogP contribution in [0.2, 0.25) is 0 Å². The fourth-order valence-electron chi connectivity index (χ4n) is 3.26. The standard InChI is InChI=1S/C24H29N3O5/c1-3-5-17-7-12-21(22(14-17)30-2)32-16-23(28)26-18-8-10-19(11-9-18)27-24(29)25-15-20-6-4-13-31-20/h3,5,7-12,14,20H,4,6,13,15-16H2,1-2H3,(H,26,28)(H2,25,27,29)/b5-3+. The highest BCUT2D eigenvalue weighted by Gasteiger charge is 2.16. The zero-order chi connectivity index (χ0) is 22.8. The van der Waals surface area contributed by atoms with Crippen LogP contribution in [0.4, 0.5) is 16.2 Å². The van der Waals surface area contributed by atoms with Gasteiger partial charge >= 0.3 is 6.03 Å². The summed E-state index contributed by atoms with van der Waals surface area (Å²) >= 11 is 0. The van der Waals surface area contributed by atoms with Crippen LogP contribution in [-0.2, 0) is 9.53 Å². The first-order valence-electron chi connectivity index (χ1n) is 10.6. The van der Waals surface area contributed by atoms with Crippen LogP contribution in [0.1, 0.15) is 25.3 Å². The SMILES string of the molecule is C/C=C/c1ccc(OCC(=O)Nc2ccc(NC(=O)NCC3CCCO3)cc2)c(OC)c1. The number of carbonyl (C=O) groups is 2. The number of nitrogens with one attached hydrogen (secondary N) is 3. The second-order valence-electron chi connectivity index (χ2n) is 7.29. The van der Waals surface area contributed by atoms with Crippen molar-refractivity contribution in [2.24, 2.45) is 0 Å². The predicted molar refractivity (Wildman–Crippen MR) is 124 cm³/mol.